The van der Waals surface area contributed by atoms with E-state index in [0.717, 1.165) is 101 Å². The van der Waals surface area contributed by atoms with Crippen molar-refractivity contribution in [3.8, 4) is 0 Å². The fraction of sp³-hybridized carbons (Fsp3) is 0.746. The molecule has 2 fully saturated rings. The van der Waals surface area contributed by atoms with Crippen molar-refractivity contribution in [1.82, 2.24) is 64.5 Å². The average Bonchev–Trinajstić information content (AvgIpc) is 3.83. The van der Waals surface area contributed by atoms with Crippen molar-refractivity contribution >= 4 is 53.1 Å². The van der Waals surface area contributed by atoms with E-state index in [2.05, 4.69) is 99.8 Å². The van der Waals surface area contributed by atoms with Crippen molar-refractivity contribution in [1.29, 1.82) is 16.2 Å². The van der Waals surface area contributed by atoms with E-state index >= 15 is 0 Å². The number of fused-ring (bicyclic) bond motifs is 2. The zero-order chi connectivity index (χ0) is 62.6. The quantitative estimate of drug-likeness (QED) is 0.163. The van der Waals surface area contributed by atoms with E-state index in [1.165, 1.54) is 89.5 Å². The number of hydrogen-bond acceptors (Lipinski definition) is 15. The second-order valence-corrected chi connectivity index (χ2v) is 21.1. The molecule has 1 aromatic rings. The molecule has 6 aliphatic heterocycles. The number of nitrogens with two attached hydrogens (primary N) is 1. The van der Waals surface area contributed by atoms with Crippen molar-refractivity contribution in [2.75, 3.05) is 204 Å². The SMILES string of the molecule is C1CCC2=NCCCN2CC1.CC1=NCCN1.CCN(CC)C(=N)N(CC)CC.CN(C)C(=N)N(C)C.CN(C)C1=NCCCN1.CN1CCCN2CCCN=C12.CN=C(C)N(C)C.CN=C(N(C)C)N(C)C.N=C(N)c1ccccc1. The second-order valence-electron chi connectivity index (χ2n) is 21.1. The van der Waals surface area contributed by atoms with E-state index in [1.807, 2.05) is 148 Å². The molecule has 0 atom stereocenters. The molecule has 0 bridgehead atoms. The van der Waals surface area contributed by atoms with Gasteiger partial charge in [0.15, 0.2) is 29.8 Å². The van der Waals surface area contributed by atoms with Crippen LogP contribution in [0.5, 0.6) is 0 Å². The Kier molecular flexibility index (Phi) is 44.4. The molecule has 0 spiro atoms. The number of hydrogen-bond donors (Lipinski definition) is 6. The maximum absolute atomic E-state index is 7.86. The smallest absolute Gasteiger partial charge is 0.196 e. The standard InChI is InChI=1S/C9H21N3.C9H16N2.C8H15N3.C7H8N2.C6H13N3.C6H15N3.C5H13N3.C5H12N2.C4H8N2/c1-5-11(6-2)9(10)12(7-3)8-4;1-2-5-9-10-6-4-8-11(9)7-3-1;1-10-5-3-7-11-6-2-4-9-8(10)11;8-7(9)6-4-2-1-3-5-6;1-9(2)6-7-4-3-5-8-6;1-7-6(8(2)3)9(4)5;1-7(2)5(6)8(3)4;1-5(6-2)7(3)4;1-4-5-2-3-6-4/h10H,5-8H2,1-4H3;1-8H2;2-7H2,1H3;1-5H,(H3,8,9);3-5H2,1-2H3,(H,7,8);1-5H3;6H,1-4H3;1-4H3;2-3H2,1H3,(H,5,6). The van der Waals surface area contributed by atoms with Gasteiger partial charge in [0.05, 0.1) is 24.1 Å². The van der Waals surface area contributed by atoms with Crippen LogP contribution >= 0.6 is 0 Å². The summed E-state index contributed by atoms with van der Waals surface area (Å²) >= 11 is 0. The molecule has 0 radical (unpaired) electrons. The number of amidine groups is 4. The van der Waals surface area contributed by atoms with Gasteiger partial charge in [-0.2, -0.15) is 0 Å². The van der Waals surface area contributed by atoms with Crippen LogP contribution in [-0.4, -0.2) is 311 Å². The number of nitrogens with zero attached hydrogens (tertiary/aromatic N) is 17. The Balaban J connectivity index is 0. The van der Waals surface area contributed by atoms with Crippen LogP contribution in [-0.2, 0) is 0 Å². The monoisotopic (exact) mass is 1150 g/mol. The molecular formula is C59H121N23. The van der Waals surface area contributed by atoms with E-state index < -0.39 is 0 Å². The van der Waals surface area contributed by atoms with Gasteiger partial charge < -0.3 is 70.3 Å². The molecule has 2 saturated heterocycles. The molecule has 7 N–H and O–H groups in total. The lowest BCUT2D eigenvalue weighted by atomic mass is 10.2. The summed E-state index contributed by atoms with van der Waals surface area (Å²) in [6.45, 7) is 28.2. The van der Waals surface area contributed by atoms with Gasteiger partial charge in [-0.1, -0.05) is 36.8 Å². The first-order valence-electron chi connectivity index (χ1n) is 29.7. The minimum atomic E-state index is 0.121. The summed E-state index contributed by atoms with van der Waals surface area (Å²) in [6, 6.07) is 9.23. The first kappa shape index (κ1) is 77.5. The van der Waals surface area contributed by atoms with Crippen molar-refractivity contribution in [3.05, 3.63) is 35.9 Å². The minimum Gasteiger partial charge on any atom is -0.384 e. The van der Waals surface area contributed by atoms with Gasteiger partial charge in [0.25, 0.3) is 0 Å². The summed E-state index contributed by atoms with van der Waals surface area (Å²) in [5, 5.41) is 28.4. The largest absolute Gasteiger partial charge is 0.384 e. The third kappa shape index (κ3) is 35.3. The molecule has 472 valence electrons. The third-order valence-corrected chi connectivity index (χ3v) is 13.1. The number of rotatable bonds is 5. The molecule has 0 aliphatic carbocycles. The number of aliphatic imine (C=N–C) groups is 6. The second kappa shape index (κ2) is 47.0. The number of nitrogen functional groups attached to an aromatic ring is 1. The Labute approximate surface area is 500 Å². The average molecular weight is 1150 g/mol. The highest BCUT2D eigenvalue weighted by Crippen LogP contribution is 2.15. The van der Waals surface area contributed by atoms with Gasteiger partial charge in [-0.15, -0.1) is 0 Å². The van der Waals surface area contributed by atoms with Gasteiger partial charge in [-0.25, -0.2) is 0 Å². The fourth-order valence-electron chi connectivity index (χ4n) is 8.35. The zero-order valence-electron chi connectivity index (χ0n) is 55.8. The van der Waals surface area contributed by atoms with Crippen LogP contribution in [0.25, 0.3) is 0 Å². The van der Waals surface area contributed by atoms with Crippen LogP contribution in [0.15, 0.2) is 60.3 Å². The summed E-state index contributed by atoms with van der Waals surface area (Å²) in [7, 11) is 28.9. The van der Waals surface area contributed by atoms with E-state index in [1.54, 1.807) is 23.9 Å². The molecule has 7 rings (SSSR count). The summed E-state index contributed by atoms with van der Waals surface area (Å²) in [6.07, 6.45) is 10.3. The van der Waals surface area contributed by atoms with Gasteiger partial charge in [0.1, 0.15) is 5.84 Å². The van der Waals surface area contributed by atoms with E-state index in [9.17, 15) is 0 Å². The fourth-order valence-corrected chi connectivity index (χ4v) is 8.35. The van der Waals surface area contributed by atoms with Gasteiger partial charge in [-0.05, 0) is 80.1 Å². The summed E-state index contributed by atoms with van der Waals surface area (Å²) in [5.74, 6) is 8.05. The van der Waals surface area contributed by atoms with Crippen LogP contribution in [0.4, 0.5) is 0 Å². The molecule has 23 nitrogen and oxygen atoms in total. The Bertz CT molecular complexity index is 1980. The molecule has 0 saturated carbocycles. The Morgan fingerprint density at radius 2 is 1.09 bits per heavy atom. The topological polar surface area (TPSA) is 231 Å². The van der Waals surface area contributed by atoms with E-state index in [-0.39, 0.29) is 5.84 Å². The van der Waals surface area contributed by atoms with E-state index in [4.69, 9.17) is 22.0 Å². The summed E-state index contributed by atoms with van der Waals surface area (Å²) in [4.78, 5) is 48.0. The zero-order valence-corrected chi connectivity index (χ0v) is 55.8. The van der Waals surface area contributed by atoms with Gasteiger partial charge in [0.2, 0.25) is 0 Å². The van der Waals surface area contributed by atoms with Crippen molar-refractivity contribution in [2.45, 2.75) is 92.9 Å². The first-order chi connectivity index (χ1) is 38.9. The molecular weight excluding hydrogens is 1030 g/mol. The van der Waals surface area contributed by atoms with Crippen LogP contribution in [0.2, 0.25) is 0 Å². The number of nitrogens with one attached hydrogen (secondary N) is 5. The highest BCUT2D eigenvalue weighted by molar-refractivity contribution is 5.94. The predicted octanol–water partition coefficient (Wildman–Crippen LogP) is 5.26. The maximum atomic E-state index is 7.86. The van der Waals surface area contributed by atoms with Gasteiger partial charge >= 0.3 is 0 Å². The molecule has 0 amide bonds. The van der Waals surface area contributed by atoms with Crippen LogP contribution in [0.3, 0.4) is 0 Å². The number of benzene rings is 1. The predicted molar refractivity (Wildman–Crippen MR) is 357 cm³/mol. The molecule has 1 aromatic carbocycles. The lowest BCUT2D eigenvalue weighted by molar-refractivity contribution is 0.269. The lowest BCUT2D eigenvalue weighted by Crippen LogP contribution is -2.50. The van der Waals surface area contributed by atoms with Crippen LogP contribution < -0.4 is 16.4 Å². The molecule has 0 unspecified atom stereocenters. The molecule has 0 aromatic heterocycles. The first-order valence-corrected chi connectivity index (χ1v) is 29.7. The third-order valence-electron chi connectivity index (χ3n) is 13.1. The minimum absolute atomic E-state index is 0.121. The highest BCUT2D eigenvalue weighted by atomic mass is 15.4. The van der Waals surface area contributed by atoms with Crippen LogP contribution in [0.1, 0.15) is 98.5 Å². The Morgan fingerprint density at radius 1 is 0.561 bits per heavy atom. The van der Waals surface area contributed by atoms with Crippen LogP contribution in [0, 0.1) is 16.2 Å². The van der Waals surface area contributed by atoms with Gasteiger partial charge in [0, 0.05) is 209 Å². The number of guanidine groups is 5. The molecule has 6 aliphatic rings. The molecule has 82 heavy (non-hydrogen) atoms. The molecule has 23 heteroatoms. The van der Waals surface area contributed by atoms with Crippen molar-refractivity contribution in [2.24, 2.45) is 35.7 Å². The highest BCUT2D eigenvalue weighted by Gasteiger charge is 2.22. The Hall–Kier alpha value is -6.55. The summed E-state index contributed by atoms with van der Waals surface area (Å²) in [5.41, 5.74) is 5.97. The maximum Gasteiger partial charge on any atom is 0.196 e. The lowest BCUT2D eigenvalue weighted by Gasteiger charge is -2.39. The van der Waals surface area contributed by atoms with E-state index in [0.29, 0.717) is 11.9 Å². The molecule has 6 heterocycles. The summed E-state index contributed by atoms with van der Waals surface area (Å²) < 4.78 is 0. The van der Waals surface area contributed by atoms with Gasteiger partial charge in [-0.3, -0.25) is 46.2 Å². The van der Waals surface area contributed by atoms with Crippen molar-refractivity contribution < 1.29 is 0 Å². The normalized spacial score (nSPS) is 15.3. The van der Waals surface area contributed by atoms with Crippen molar-refractivity contribution in [3.63, 3.8) is 0 Å². The Morgan fingerprint density at radius 3 is 1.43 bits per heavy atom.